The van der Waals surface area contributed by atoms with Crippen molar-refractivity contribution in [3.8, 4) is 0 Å². The van der Waals surface area contributed by atoms with Crippen molar-refractivity contribution < 1.29 is 14.3 Å². The van der Waals surface area contributed by atoms with E-state index < -0.39 is 0 Å². The van der Waals surface area contributed by atoms with Gasteiger partial charge in [-0.15, -0.1) is 0 Å². The highest BCUT2D eigenvalue weighted by atomic mass is 17.0. The van der Waals surface area contributed by atoms with E-state index in [1.54, 1.807) is 18.2 Å². The number of fused-ring (bicyclic) bond motifs is 1. The van der Waals surface area contributed by atoms with Crippen LogP contribution in [0.2, 0.25) is 0 Å². The zero-order valence-corrected chi connectivity index (χ0v) is 5.20. The SMILES string of the molecule is OCc1ccc2ooc2c1. The van der Waals surface area contributed by atoms with Crippen molar-refractivity contribution in [3.63, 3.8) is 0 Å². The van der Waals surface area contributed by atoms with E-state index in [1.807, 2.05) is 0 Å². The summed E-state index contributed by atoms with van der Waals surface area (Å²) in [6.45, 7) is 0.0383. The van der Waals surface area contributed by atoms with Gasteiger partial charge in [0.05, 0.1) is 6.61 Å². The van der Waals surface area contributed by atoms with Crippen LogP contribution in [0.1, 0.15) is 5.56 Å². The molecule has 0 atom stereocenters. The number of aliphatic hydroxyl groups is 1. The predicted molar refractivity (Wildman–Crippen MR) is 34.4 cm³/mol. The number of benzene rings is 1. The second kappa shape index (κ2) is 1.88. The Hall–Kier alpha value is -1.22. The Labute approximate surface area is 56.8 Å². The maximum absolute atomic E-state index is 8.68. The Morgan fingerprint density at radius 3 is 2.50 bits per heavy atom. The molecule has 0 amide bonds. The van der Waals surface area contributed by atoms with E-state index in [1.165, 1.54) is 0 Å². The Balaban J connectivity index is 2.57. The average Bonchev–Trinajstić information content (AvgIpc) is 1.92. The first kappa shape index (κ1) is 5.56. The number of hydrogen-bond donors (Lipinski definition) is 1. The fraction of sp³-hybridized carbons (Fsp3) is 0.143. The quantitative estimate of drug-likeness (QED) is 0.607. The topological polar surface area (TPSA) is 46.5 Å². The van der Waals surface area contributed by atoms with Gasteiger partial charge in [-0.25, -0.2) is 0 Å². The summed E-state index contributed by atoms with van der Waals surface area (Å²) < 4.78 is 9.20. The van der Waals surface area contributed by atoms with E-state index in [-0.39, 0.29) is 6.61 Å². The van der Waals surface area contributed by atoms with E-state index in [0.717, 1.165) is 11.1 Å². The van der Waals surface area contributed by atoms with Crippen LogP contribution in [0, 0.1) is 0 Å². The van der Waals surface area contributed by atoms with Gasteiger partial charge in [-0.2, -0.15) is 0 Å². The minimum Gasteiger partial charge on any atom is -0.392 e. The van der Waals surface area contributed by atoms with Crippen LogP contribution in [0.3, 0.4) is 0 Å². The number of aliphatic hydroxyl groups excluding tert-OH is 1. The summed E-state index contributed by atoms with van der Waals surface area (Å²) in [6.07, 6.45) is 0. The van der Waals surface area contributed by atoms with Gasteiger partial charge < -0.3 is 5.11 Å². The third kappa shape index (κ3) is 0.642. The van der Waals surface area contributed by atoms with Crippen molar-refractivity contribution in [1.82, 2.24) is 0 Å². The molecule has 0 saturated carbocycles. The average molecular weight is 138 g/mol. The van der Waals surface area contributed by atoms with Gasteiger partial charge in [0.15, 0.2) is 0 Å². The van der Waals surface area contributed by atoms with Crippen molar-refractivity contribution >= 4 is 11.2 Å². The molecule has 0 radical (unpaired) electrons. The Morgan fingerprint density at radius 1 is 1.20 bits per heavy atom. The van der Waals surface area contributed by atoms with Gasteiger partial charge >= 0.3 is 0 Å². The molecule has 0 fully saturated rings. The Morgan fingerprint density at radius 2 is 2.00 bits per heavy atom. The summed E-state index contributed by atoms with van der Waals surface area (Å²) in [5.74, 6) is 0. The van der Waals surface area contributed by atoms with Crippen molar-refractivity contribution in [3.05, 3.63) is 23.8 Å². The van der Waals surface area contributed by atoms with E-state index in [2.05, 4.69) is 9.15 Å². The predicted octanol–water partition coefficient (Wildman–Crippen LogP) is 1.52. The van der Waals surface area contributed by atoms with Gasteiger partial charge in [-0.1, -0.05) is 6.07 Å². The van der Waals surface area contributed by atoms with E-state index in [4.69, 9.17) is 5.11 Å². The van der Waals surface area contributed by atoms with Crippen LogP contribution in [-0.4, -0.2) is 5.11 Å². The Bertz CT molecular complexity index is 331. The summed E-state index contributed by atoms with van der Waals surface area (Å²) >= 11 is 0. The number of hydrogen-bond acceptors (Lipinski definition) is 3. The van der Waals surface area contributed by atoms with Gasteiger partial charge in [0.25, 0.3) is 0 Å². The van der Waals surface area contributed by atoms with Crippen LogP contribution in [0.4, 0.5) is 0 Å². The van der Waals surface area contributed by atoms with Crippen LogP contribution in [0.5, 0.6) is 0 Å². The lowest BCUT2D eigenvalue weighted by Gasteiger charge is -1.98. The summed E-state index contributed by atoms with van der Waals surface area (Å²) in [6, 6.07) is 5.31. The molecule has 0 bridgehead atoms. The van der Waals surface area contributed by atoms with Crippen LogP contribution in [-0.2, 0) is 6.61 Å². The highest BCUT2D eigenvalue weighted by Gasteiger charge is 2.03. The van der Waals surface area contributed by atoms with E-state index in [0.29, 0.717) is 5.58 Å². The summed E-state index contributed by atoms with van der Waals surface area (Å²) in [5.41, 5.74) is 2.27. The molecule has 2 rings (SSSR count). The normalized spacial score (nSPS) is 10.9. The fourth-order valence-electron chi connectivity index (χ4n) is 0.841. The van der Waals surface area contributed by atoms with Crippen molar-refractivity contribution in [2.45, 2.75) is 6.61 Å². The second-order valence-corrected chi connectivity index (χ2v) is 2.11. The maximum atomic E-state index is 8.68. The van der Waals surface area contributed by atoms with E-state index in [9.17, 15) is 0 Å². The fourth-order valence-corrected chi connectivity index (χ4v) is 0.841. The lowest BCUT2D eigenvalue weighted by molar-refractivity contribution is 0.0587. The highest BCUT2D eigenvalue weighted by Crippen LogP contribution is 2.19. The Kier molecular flexibility index (Phi) is 1.05. The molecule has 1 aromatic carbocycles. The first-order chi connectivity index (χ1) is 4.90. The molecule has 0 aliphatic rings. The molecule has 0 saturated heterocycles. The van der Waals surface area contributed by atoms with Crippen LogP contribution in [0.15, 0.2) is 27.4 Å². The summed E-state index contributed by atoms with van der Waals surface area (Å²) in [4.78, 5) is 0. The van der Waals surface area contributed by atoms with Crippen LogP contribution >= 0.6 is 0 Å². The standard InChI is InChI=1S/C7H6O3/c8-4-5-1-2-6-7(3-5)10-9-6/h1-3,8H,4H2. The summed E-state index contributed by atoms with van der Waals surface area (Å²) in [7, 11) is 0. The molecular formula is C7H6O3. The lowest BCUT2D eigenvalue weighted by Crippen LogP contribution is -1.83. The van der Waals surface area contributed by atoms with E-state index >= 15 is 0 Å². The monoisotopic (exact) mass is 138 g/mol. The molecule has 1 heterocycles. The lowest BCUT2D eigenvalue weighted by atomic mass is 10.2. The minimum atomic E-state index is 0.0383. The smallest absolute Gasteiger partial charge is 0.226 e. The molecule has 0 aliphatic carbocycles. The molecule has 0 unspecified atom stereocenters. The molecule has 10 heavy (non-hydrogen) atoms. The molecule has 0 aliphatic heterocycles. The molecule has 1 N–H and O–H groups in total. The molecular weight excluding hydrogens is 132 g/mol. The molecule has 0 spiro atoms. The zero-order chi connectivity index (χ0) is 6.97. The molecule has 1 aromatic heterocycles. The first-order valence-electron chi connectivity index (χ1n) is 2.98. The van der Waals surface area contributed by atoms with Gasteiger partial charge in [0, 0.05) is 0 Å². The molecule has 3 heteroatoms. The molecule has 52 valence electrons. The van der Waals surface area contributed by atoms with Crippen LogP contribution < -0.4 is 0 Å². The minimum absolute atomic E-state index is 0.0383. The first-order valence-corrected chi connectivity index (χ1v) is 2.98. The van der Waals surface area contributed by atoms with Gasteiger partial charge in [0.1, 0.15) is 0 Å². The highest BCUT2D eigenvalue weighted by molar-refractivity contribution is 5.71. The maximum Gasteiger partial charge on any atom is 0.226 e. The van der Waals surface area contributed by atoms with Gasteiger partial charge in [-0.3, -0.25) is 9.15 Å². The summed E-state index contributed by atoms with van der Waals surface area (Å²) in [5, 5.41) is 8.68. The van der Waals surface area contributed by atoms with Crippen molar-refractivity contribution in [2.24, 2.45) is 0 Å². The molecule has 2 aromatic rings. The second-order valence-electron chi connectivity index (χ2n) is 2.11. The molecule has 3 nitrogen and oxygen atoms in total. The van der Waals surface area contributed by atoms with Crippen LogP contribution in [0.25, 0.3) is 11.2 Å². The largest absolute Gasteiger partial charge is 0.392 e. The third-order valence-electron chi connectivity index (χ3n) is 1.41. The van der Waals surface area contributed by atoms with Crippen molar-refractivity contribution in [1.29, 1.82) is 0 Å². The zero-order valence-electron chi connectivity index (χ0n) is 5.20. The van der Waals surface area contributed by atoms with Gasteiger partial charge in [0.2, 0.25) is 11.2 Å². The third-order valence-corrected chi connectivity index (χ3v) is 1.41. The van der Waals surface area contributed by atoms with Crippen molar-refractivity contribution in [2.75, 3.05) is 0 Å². The van der Waals surface area contributed by atoms with Gasteiger partial charge in [-0.05, 0) is 17.7 Å². The number of rotatable bonds is 1.